The van der Waals surface area contributed by atoms with E-state index in [1.54, 1.807) is 6.07 Å². The molecule has 3 heterocycles. The lowest BCUT2D eigenvalue weighted by atomic mass is 10.0. The van der Waals surface area contributed by atoms with Crippen LogP contribution < -0.4 is 10.6 Å². The molecule has 0 atom stereocenters. The molecule has 2 N–H and O–H groups in total. The molecular weight excluding hydrogens is 499 g/mol. The second-order valence-electron chi connectivity index (χ2n) is 8.47. The predicted molar refractivity (Wildman–Crippen MR) is 121 cm³/mol. The smallest absolute Gasteiger partial charge is 0.358 e. The van der Waals surface area contributed by atoms with Crippen LogP contribution in [0.5, 0.6) is 0 Å². The second kappa shape index (κ2) is 9.22. The lowest BCUT2D eigenvalue weighted by Gasteiger charge is -2.14. The number of pyridine rings is 1. The Labute approximate surface area is 205 Å². The highest BCUT2D eigenvalue weighted by Gasteiger charge is 2.66. The van der Waals surface area contributed by atoms with E-state index in [1.807, 2.05) is 0 Å². The third kappa shape index (κ3) is 5.10. The first-order valence-electron chi connectivity index (χ1n) is 11.0. The number of carbonyl (C=O) groups excluding carboxylic acids is 1. The van der Waals surface area contributed by atoms with Gasteiger partial charge in [-0.2, -0.15) is 17.6 Å². The van der Waals surface area contributed by atoms with E-state index in [4.69, 9.17) is 4.52 Å². The van der Waals surface area contributed by atoms with Gasteiger partial charge in [-0.1, -0.05) is 17.3 Å². The highest BCUT2D eigenvalue weighted by molar-refractivity contribution is 5.91. The molecule has 3 aromatic heterocycles. The number of carbonyl (C=O) groups is 1. The first kappa shape index (κ1) is 24.3. The molecule has 13 heteroatoms. The SMILES string of the molecule is O=C(Cc1ccc(-c2cnc(Nc3ccnc(F)c3)nc2)cc1F)Nc1cc(C2(C(F)(F)F)CC2)on1. The summed E-state index contributed by atoms with van der Waals surface area (Å²) in [7, 11) is 0. The minimum Gasteiger partial charge on any atom is -0.358 e. The number of benzene rings is 1. The summed E-state index contributed by atoms with van der Waals surface area (Å²) in [4.78, 5) is 24.0. The lowest BCUT2D eigenvalue weighted by Crippen LogP contribution is -2.28. The van der Waals surface area contributed by atoms with Gasteiger partial charge in [0, 0.05) is 42.0 Å². The summed E-state index contributed by atoms with van der Waals surface area (Å²) in [6.45, 7) is 0. The molecule has 0 aliphatic heterocycles. The molecule has 190 valence electrons. The number of nitrogens with zero attached hydrogens (tertiary/aromatic N) is 4. The van der Waals surface area contributed by atoms with E-state index in [9.17, 15) is 26.7 Å². The molecule has 37 heavy (non-hydrogen) atoms. The van der Waals surface area contributed by atoms with Crippen LogP contribution in [0.2, 0.25) is 0 Å². The van der Waals surface area contributed by atoms with E-state index in [2.05, 4.69) is 30.7 Å². The van der Waals surface area contributed by atoms with E-state index in [1.165, 1.54) is 42.9 Å². The van der Waals surface area contributed by atoms with Gasteiger partial charge in [0.05, 0.1) is 6.42 Å². The fraction of sp³-hybridized carbons (Fsp3) is 0.208. The second-order valence-corrected chi connectivity index (χ2v) is 8.47. The van der Waals surface area contributed by atoms with Crippen LogP contribution in [0.25, 0.3) is 11.1 Å². The number of alkyl halides is 3. The molecule has 1 aliphatic carbocycles. The highest BCUT2D eigenvalue weighted by atomic mass is 19.4. The highest BCUT2D eigenvalue weighted by Crippen LogP contribution is 2.59. The standard InChI is InChI=1S/C24H17F5N6O2/c25-17-7-13(15-11-31-22(32-12-15)33-16-3-6-30-19(26)9-16)1-2-14(17)8-21(36)34-20-10-18(37-35-20)23(4-5-23)24(27,28)29/h1-3,6-7,9-12H,4-5,8H2,(H,34,35,36)(H,30,31,32,33). The number of hydrogen-bond donors (Lipinski definition) is 2. The van der Waals surface area contributed by atoms with Crippen LogP contribution in [0.4, 0.5) is 39.4 Å². The molecule has 0 unspecified atom stereocenters. The monoisotopic (exact) mass is 516 g/mol. The predicted octanol–water partition coefficient (Wildman–Crippen LogP) is 5.32. The molecule has 0 radical (unpaired) electrons. The third-order valence-electron chi connectivity index (χ3n) is 5.91. The van der Waals surface area contributed by atoms with Crippen molar-refractivity contribution in [2.24, 2.45) is 0 Å². The zero-order chi connectivity index (χ0) is 26.2. The van der Waals surface area contributed by atoms with E-state index >= 15 is 0 Å². The van der Waals surface area contributed by atoms with Crippen molar-refractivity contribution in [1.29, 1.82) is 0 Å². The van der Waals surface area contributed by atoms with Crippen molar-refractivity contribution in [3.05, 3.63) is 78.1 Å². The fourth-order valence-electron chi connectivity index (χ4n) is 3.74. The maximum absolute atomic E-state index is 14.7. The zero-order valence-electron chi connectivity index (χ0n) is 18.8. The maximum atomic E-state index is 14.7. The molecule has 4 aromatic rings. The molecule has 1 aromatic carbocycles. The van der Waals surface area contributed by atoms with Gasteiger partial charge < -0.3 is 15.2 Å². The maximum Gasteiger partial charge on any atom is 0.401 e. The van der Waals surface area contributed by atoms with E-state index in [0.29, 0.717) is 16.8 Å². The number of aromatic nitrogens is 4. The van der Waals surface area contributed by atoms with Gasteiger partial charge in [-0.05, 0) is 36.1 Å². The molecule has 8 nitrogen and oxygen atoms in total. The lowest BCUT2D eigenvalue weighted by molar-refractivity contribution is -0.165. The van der Waals surface area contributed by atoms with Crippen molar-refractivity contribution < 1.29 is 31.3 Å². The molecule has 0 bridgehead atoms. The van der Waals surface area contributed by atoms with Gasteiger partial charge >= 0.3 is 6.18 Å². The number of rotatable bonds is 7. The molecule has 1 aliphatic rings. The van der Waals surface area contributed by atoms with Gasteiger partial charge in [-0.15, -0.1) is 0 Å². The topological polar surface area (TPSA) is 106 Å². The van der Waals surface area contributed by atoms with Gasteiger partial charge in [0.1, 0.15) is 11.2 Å². The quantitative estimate of drug-likeness (QED) is 0.253. The average Bonchev–Trinajstić information content (AvgIpc) is 3.55. The summed E-state index contributed by atoms with van der Waals surface area (Å²) in [6, 6.07) is 7.95. The summed E-state index contributed by atoms with van der Waals surface area (Å²) in [5.41, 5.74) is -0.637. The summed E-state index contributed by atoms with van der Waals surface area (Å²) >= 11 is 0. The van der Waals surface area contributed by atoms with Crippen molar-refractivity contribution in [1.82, 2.24) is 20.1 Å². The van der Waals surface area contributed by atoms with Crippen LogP contribution in [0.15, 0.2) is 59.5 Å². The van der Waals surface area contributed by atoms with Gasteiger partial charge in [0.15, 0.2) is 11.6 Å². The van der Waals surface area contributed by atoms with Crippen molar-refractivity contribution in [2.75, 3.05) is 10.6 Å². The number of nitrogens with one attached hydrogen (secondary N) is 2. The molecule has 0 spiro atoms. The van der Waals surface area contributed by atoms with Crippen LogP contribution >= 0.6 is 0 Å². The molecule has 0 saturated heterocycles. The largest absolute Gasteiger partial charge is 0.401 e. The van der Waals surface area contributed by atoms with Crippen molar-refractivity contribution in [2.45, 2.75) is 30.9 Å². The van der Waals surface area contributed by atoms with Gasteiger partial charge in [0.25, 0.3) is 0 Å². The summed E-state index contributed by atoms with van der Waals surface area (Å²) in [5.74, 6) is -2.34. The summed E-state index contributed by atoms with van der Waals surface area (Å²) < 4.78 is 72.4. The van der Waals surface area contributed by atoms with Crippen LogP contribution in [0.3, 0.4) is 0 Å². The Kier molecular flexibility index (Phi) is 6.05. The average molecular weight is 516 g/mol. The van der Waals surface area contributed by atoms with Crippen molar-refractivity contribution in [3.8, 4) is 11.1 Å². The molecule has 1 saturated carbocycles. The molecule has 1 fully saturated rings. The zero-order valence-corrected chi connectivity index (χ0v) is 18.8. The number of hydrogen-bond acceptors (Lipinski definition) is 7. The summed E-state index contributed by atoms with van der Waals surface area (Å²) in [5, 5.41) is 8.64. The van der Waals surface area contributed by atoms with Crippen molar-refractivity contribution in [3.63, 3.8) is 0 Å². The number of halogens is 5. The van der Waals surface area contributed by atoms with Crippen LogP contribution in [-0.2, 0) is 16.6 Å². The van der Waals surface area contributed by atoms with E-state index in [0.717, 1.165) is 6.07 Å². The Balaban J connectivity index is 1.22. The van der Waals surface area contributed by atoms with Crippen LogP contribution in [0, 0.1) is 11.8 Å². The Bertz CT molecular complexity index is 1450. The Morgan fingerprint density at radius 1 is 1.00 bits per heavy atom. The van der Waals surface area contributed by atoms with Crippen molar-refractivity contribution >= 4 is 23.4 Å². The first-order valence-corrected chi connectivity index (χ1v) is 11.0. The van der Waals surface area contributed by atoms with Gasteiger partial charge in [-0.25, -0.2) is 19.3 Å². The fourth-order valence-corrected chi connectivity index (χ4v) is 3.74. The number of anilines is 3. The Morgan fingerprint density at radius 3 is 2.41 bits per heavy atom. The first-order chi connectivity index (χ1) is 17.6. The minimum atomic E-state index is -4.47. The number of amides is 1. The van der Waals surface area contributed by atoms with Crippen LogP contribution in [-0.4, -0.2) is 32.2 Å². The van der Waals surface area contributed by atoms with Gasteiger partial charge in [0.2, 0.25) is 17.8 Å². The third-order valence-corrected chi connectivity index (χ3v) is 5.91. The van der Waals surface area contributed by atoms with Gasteiger partial charge in [-0.3, -0.25) is 4.79 Å². The van der Waals surface area contributed by atoms with Crippen LogP contribution in [0.1, 0.15) is 24.2 Å². The van der Waals surface area contributed by atoms with E-state index < -0.39 is 29.3 Å². The normalized spacial score (nSPS) is 14.3. The molecule has 5 rings (SSSR count). The Hall–Kier alpha value is -4.42. The Morgan fingerprint density at radius 2 is 1.76 bits per heavy atom. The van der Waals surface area contributed by atoms with E-state index in [-0.39, 0.29) is 42.4 Å². The summed E-state index contributed by atoms with van der Waals surface area (Å²) in [6.07, 6.45) is -0.873. The minimum absolute atomic E-state index is 0.0674. The molecular formula is C24H17F5N6O2. The molecule has 1 amide bonds.